The molecule has 2 aromatic heterocycles. The van der Waals surface area contributed by atoms with Crippen LogP contribution in [0.15, 0.2) is 47.5 Å². The molecule has 0 spiro atoms. The van der Waals surface area contributed by atoms with Gasteiger partial charge in [-0.1, -0.05) is 6.07 Å². The largest absolute Gasteiger partial charge is 0.497 e. The Labute approximate surface area is 179 Å². The van der Waals surface area contributed by atoms with Crippen molar-refractivity contribution in [3.63, 3.8) is 0 Å². The summed E-state index contributed by atoms with van der Waals surface area (Å²) in [6.45, 7) is 1.10. The summed E-state index contributed by atoms with van der Waals surface area (Å²) in [6.07, 6.45) is 4.24. The molecule has 0 N–H and O–H groups in total. The summed E-state index contributed by atoms with van der Waals surface area (Å²) in [7, 11) is 3.35. The first kappa shape index (κ1) is 19.7. The first-order valence-electron chi connectivity index (χ1n) is 10.3. The SMILES string of the molecule is COc1ccc2c(c1)C1OCCN(c3nc(-c4ccncc4F)cc(=O)n3C)C1CC2. The number of ether oxygens (including phenoxy) is 2. The van der Waals surface area contributed by atoms with Crippen molar-refractivity contribution in [2.45, 2.75) is 25.0 Å². The lowest BCUT2D eigenvalue weighted by molar-refractivity contribution is 0.00164. The van der Waals surface area contributed by atoms with Gasteiger partial charge in [0, 0.05) is 31.4 Å². The number of anilines is 1. The van der Waals surface area contributed by atoms with E-state index in [0.717, 1.165) is 30.4 Å². The number of rotatable bonds is 3. The van der Waals surface area contributed by atoms with Gasteiger partial charge in [0.1, 0.15) is 11.9 Å². The highest BCUT2D eigenvalue weighted by molar-refractivity contribution is 5.60. The van der Waals surface area contributed by atoms with Crippen LogP contribution >= 0.6 is 0 Å². The minimum absolute atomic E-state index is 0.0176. The number of hydrogen-bond acceptors (Lipinski definition) is 6. The van der Waals surface area contributed by atoms with Crippen LogP contribution in [0.5, 0.6) is 5.75 Å². The van der Waals surface area contributed by atoms with E-state index in [2.05, 4.69) is 16.0 Å². The molecule has 160 valence electrons. The van der Waals surface area contributed by atoms with E-state index in [-0.39, 0.29) is 23.3 Å². The van der Waals surface area contributed by atoms with E-state index in [1.54, 1.807) is 14.2 Å². The summed E-state index contributed by atoms with van der Waals surface area (Å²) >= 11 is 0. The third kappa shape index (κ3) is 3.37. The van der Waals surface area contributed by atoms with Crippen molar-refractivity contribution in [1.29, 1.82) is 0 Å². The summed E-state index contributed by atoms with van der Waals surface area (Å²) in [5, 5.41) is 0. The Balaban J connectivity index is 1.58. The van der Waals surface area contributed by atoms with Crippen LogP contribution in [-0.4, -0.2) is 40.8 Å². The molecule has 0 radical (unpaired) electrons. The van der Waals surface area contributed by atoms with Crippen molar-refractivity contribution in [1.82, 2.24) is 14.5 Å². The van der Waals surface area contributed by atoms with Gasteiger partial charge in [-0.2, -0.15) is 0 Å². The third-order valence-electron chi connectivity index (χ3n) is 6.16. The summed E-state index contributed by atoms with van der Waals surface area (Å²) < 4.78 is 27.4. The normalized spacial score (nSPS) is 20.2. The molecule has 7 nitrogen and oxygen atoms in total. The first-order valence-corrected chi connectivity index (χ1v) is 10.3. The van der Waals surface area contributed by atoms with Gasteiger partial charge in [-0.3, -0.25) is 14.3 Å². The van der Waals surface area contributed by atoms with E-state index in [4.69, 9.17) is 14.5 Å². The number of methoxy groups -OCH3 is 1. The molecule has 3 heterocycles. The smallest absolute Gasteiger partial charge is 0.255 e. The zero-order valence-electron chi connectivity index (χ0n) is 17.4. The van der Waals surface area contributed by atoms with Crippen LogP contribution in [0, 0.1) is 5.82 Å². The van der Waals surface area contributed by atoms with Crippen LogP contribution < -0.4 is 15.2 Å². The maximum absolute atomic E-state index is 14.3. The van der Waals surface area contributed by atoms with E-state index in [1.807, 2.05) is 12.1 Å². The predicted molar refractivity (Wildman–Crippen MR) is 114 cm³/mol. The summed E-state index contributed by atoms with van der Waals surface area (Å²) in [5.74, 6) is 0.803. The lowest BCUT2D eigenvalue weighted by atomic mass is 9.84. The maximum Gasteiger partial charge on any atom is 0.255 e. The Bertz CT molecular complexity index is 1200. The summed E-state index contributed by atoms with van der Waals surface area (Å²) in [6, 6.07) is 9.01. The monoisotopic (exact) mass is 422 g/mol. The molecule has 5 rings (SSSR count). The van der Waals surface area contributed by atoms with Gasteiger partial charge in [0.25, 0.3) is 5.56 Å². The second-order valence-electron chi connectivity index (χ2n) is 7.85. The number of halogens is 1. The molecule has 0 amide bonds. The number of fused-ring (bicyclic) bond motifs is 3. The molecule has 3 aromatic rings. The van der Waals surface area contributed by atoms with Gasteiger partial charge in [-0.25, -0.2) is 9.37 Å². The first-order chi connectivity index (χ1) is 15.1. The van der Waals surface area contributed by atoms with Gasteiger partial charge in [-0.15, -0.1) is 0 Å². The number of morpholine rings is 1. The van der Waals surface area contributed by atoms with E-state index >= 15 is 0 Å². The molecule has 0 bridgehead atoms. The van der Waals surface area contributed by atoms with Gasteiger partial charge < -0.3 is 14.4 Å². The fourth-order valence-corrected chi connectivity index (χ4v) is 4.57. The number of nitrogens with zero attached hydrogens (tertiary/aromatic N) is 4. The van der Waals surface area contributed by atoms with Crippen molar-refractivity contribution in [2.24, 2.45) is 7.05 Å². The second-order valence-corrected chi connectivity index (χ2v) is 7.85. The lowest BCUT2D eigenvalue weighted by Gasteiger charge is -2.45. The molecule has 1 aromatic carbocycles. The van der Waals surface area contributed by atoms with Crippen LogP contribution in [-0.2, 0) is 18.2 Å². The van der Waals surface area contributed by atoms with Crippen molar-refractivity contribution in [2.75, 3.05) is 25.2 Å². The van der Waals surface area contributed by atoms with Gasteiger partial charge >= 0.3 is 0 Å². The van der Waals surface area contributed by atoms with Crippen molar-refractivity contribution in [3.05, 3.63) is 70.0 Å². The number of pyridine rings is 1. The van der Waals surface area contributed by atoms with Crippen LogP contribution in [0.3, 0.4) is 0 Å². The maximum atomic E-state index is 14.3. The Kier molecular flexibility index (Phi) is 4.94. The van der Waals surface area contributed by atoms with Crippen LogP contribution in [0.25, 0.3) is 11.3 Å². The zero-order valence-corrected chi connectivity index (χ0v) is 17.4. The topological polar surface area (TPSA) is 69.5 Å². The highest BCUT2D eigenvalue weighted by Crippen LogP contribution is 2.40. The van der Waals surface area contributed by atoms with Gasteiger partial charge in [-0.05, 0) is 42.2 Å². The molecule has 2 unspecified atom stereocenters. The quantitative estimate of drug-likeness (QED) is 0.647. The molecular weight excluding hydrogens is 399 g/mol. The molecule has 8 heteroatoms. The highest BCUT2D eigenvalue weighted by Gasteiger charge is 2.39. The van der Waals surface area contributed by atoms with Crippen molar-refractivity contribution >= 4 is 5.95 Å². The minimum atomic E-state index is -0.507. The molecular formula is C23H23FN4O3. The standard InChI is InChI=1S/C23H23FN4O3/c1-27-21(29)12-19(16-7-8-25-13-18(16)24)26-23(27)28-9-10-31-22-17-11-15(30-2)5-3-14(17)4-6-20(22)28/h3,5,7-8,11-13,20,22H,4,6,9-10H2,1-2H3. The molecule has 1 saturated heterocycles. The molecule has 0 saturated carbocycles. The Morgan fingerprint density at radius 1 is 1.26 bits per heavy atom. The van der Waals surface area contributed by atoms with Crippen LogP contribution in [0.2, 0.25) is 0 Å². The second kappa shape index (κ2) is 7.77. The highest BCUT2D eigenvalue weighted by atomic mass is 19.1. The summed E-state index contributed by atoms with van der Waals surface area (Å²) in [5.41, 5.74) is 2.69. The molecule has 1 aliphatic heterocycles. The average Bonchev–Trinajstić information content (AvgIpc) is 2.80. The molecule has 1 fully saturated rings. The minimum Gasteiger partial charge on any atom is -0.497 e. The van der Waals surface area contributed by atoms with E-state index in [0.29, 0.717) is 24.8 Å². The number of aromatic nitrogens is 3. The summed E-state index contributed by atoms with van der Waals surface area (Å²) in [4.78, 5) is 23.4. The Morgan fingerprint density at radius 2 is 2.13 bits per heavy atom. The predicted octanol–water partition coefficient (Wildman–Crippen LogP) is 2.88. The number of aryl methyl sites for hydroxylation is 1. The lowest BCUT2D eigenvalue weighted by Crippen LogP contribution is -2.51. The number of hydrogen-bond donors (Lipinski definition) is 0. The fourth-order valence-electron chi connectivity index (χ4n) is 4.57. The Morgan fingerprint density at radius 3 is 2.94 bits per heavy atom. The fraction of sp³-hybridized carbons (Fsp3) is 0.348. The van der Waals surface area contributed by atoms with Gasteiger partial charge in [0.05, 0.1) is 31.6 Å². The van der Waals surface area contributed by atoms with Crippen LogP contribution in [0.1, 0.15) is 23.7 Å². The van der Waals surface area contributed by atoms with Crippen molar-refractivity contribution in [3.8, 4) is 17.0 Å². The van der Waals surface area contributed by atoms with Gasteiger partial charge in [0.2, 0.25) is 5.95 Å². The average molecular weight is 422 g/mol. The van der Waals surface area contributed by atoms with E-state index in [1.165, 1.54) is 28.5 Å². The molecule has 2 aliphatic rings. The van der Waals surface area contributed by atoms with E-state index < -0.39 is 5.82 Å². The zero-order chi connectivity index (χ0) is 21.5. The molecule has 31 heavy (non-hydrogen) atoms. The molecule has 1 aliphatic carbocycles. The molecule has 2 atom stereocenters. The van der Waals surface area contributed by atoms with Gasteiger partial charge in [0.15, 0.2) is 5.82 Å². The Hall–Kier alpha value is -3.26. The third-order valence-corrected chi connectivity index (χ3v) is 6.16. The van der Waals surface area contributed by atoms with Crippen molar-refractivity contribution < 1.29 is 13.9 Å². The number of benzene rings is 1. The van der Waals surface area contributed by atoms with Crippen LogP contribution in [0.4, 0.5) is 10.3 Å². The van der Waals surface area contributed by atoms with E-state index in [9.17, 15) is 9.18 Å².